The SMILES string of the molecule is Cc1c(Br)ccc2c3oc(CI)nc3c(=O)n(C3CC3)c12. The van der Waals surface area contributed by atoms with E-state index < -0.39 is 0 Å². The number of benzene rings is 1. The van der Waals surface area contributed by atoms with Gasteiger partial charge in [-0.1, -0.05) is 38.5 Å². The molecular formula is C15H12BrIN2O2. The molecule has 0 radical (unpaired) electrons. The Hall–Kier alpha value is -0.890. The van der Waals surface area contributed by atoms with Gasteiger partial charge in [-0.05, 0) is 37.5 Å². The van der Waals surface area contributed by atoms with E-state index >= 15 is 0 Å². The van der Waals surface area contributed by atoms with Crippen molar-refractivity contribution in [3.8, 4) is 0 Å². The van der Waals surface area contributed by atoms with Crippen molar-refractivity contribution >= 4 is 60.5 Å². The number of alkyl halides is 1. The Balaban J connectivity index is 2.27. The molecule has 0 aliphatic heterocycles. The number of rotatable bonds is 2. The molecule has 0 saturated heterocycles. The number of pyridine rings is 1. The lowest BCUT2D eigenvalue weighted by atomic mass is 10.1. The van der Waals surface area contributed by atoms with E-state index in [9.17, 15) is 4.79 Å². The Morgan fingerprint density at radius 1 is 1.48 bits per heavy atom. The third-order valence-electron chi connectivity index (χ3n) is 3.97. The first-order valence-corrected chi connectivity index (χ1v) is 9.12. The highest BCUT2D eigenvalue weighted by molar-refractivity contribution is 14.1. The number of nitrogens with zero attached hydrogens (tertiary/aromatic N) is 2. The van der Waals surface area contributed by atoms with Crippen LogP contribution >= 0.6 is 38.5 Å². The highest BCUT2D eigenvalue weighted by Crippen LogP contribution is 2.39. The third kappa shape index (κ3) is 1.98. The van der Waals surface area contributed by atoms with E-state index in [4.69, 9.17) is 4.42 Å². The third-order valence-corrected chi connectivity index (χ3v) is 5.48. The summed E-state index contributed by atoms with van der Waals surface area (Å²) in [6, 6.07) is 4.32. The summed E-state index contributed by atoms with van der Waals surface area (Å²) in [6.45, 7) is 2.03. The Bertz CT molecular complexity index is 940. The van der Waals surface area contributed by atoms with Gasteiger partial charge in [0.1, 0.15) is 0 Å². The summed E-state index contributed by atoms with van der Waals surface area (Å²) >= 11 is 5.76. The van der Waals surface area contributed by atoms with Crippen LogP contribution in [0, 0.1) is 6.92 Å². The molecule has 1 saturated carbocycles. The summed E-state index contributed by atoms with van der Waals surface area (Å²) in [5.41, 5.74) is 3.10. The Kier molecular flexibility index (Phi) is 3.15. The van der Waals surface area contributed by atoms with Crippen LogP contribution in [0.2, 0.25) is 0 Å². The average Bonchev–Trinajstić information content (AvgIpc) is 3.21. The molecule has 1 aliphatic rings. The van der Waals surface area contributed by atoms with Crippen molar-refractivity contribution < 1.29 is 4.42 Å². The second-order valence-corrected chi connectivity index (χ2v) is 7.01. The zero-order valence-electron chi connectivity index (χ0n) is 11.3. The van der Waals surface area contributed by atoms with Gasteiger partial charge in [0, 0.05) is 15.9 Å². The number of halogens is 2. The fourth-order valence-electron chi connectivity index (χ4n) is 2.82. The first-order chi connectivity index (χ1) is 10.1. The second kappa shape index (κ2) is 4.81. The molecule has 2 aromatic heterocycles. The zero-order valence-corrected chi connectivity index (χ0v) is 15.1. The van der Waals surface area contributed by atoms with Crippen molar-refractivity contribution in [3.05, 3.63) is 38.4 Å². The quantitative estimate of drug-likeness (QED) is 0.420. The van der Waals surface area contributed by atoms with E-state index in [-0.39, 0.29) is 5.56 Å². The summed E-state index contributed by atoms with van der Waals surface area (Å²) < 4.78 is 9.40. The summed E-state index contributed by atoms with van der Waals surface area (Å²) in [7, 11) is 0. The fourth-order valence-corrected chi connectivity index (χ4v) is 3.46. The van der Waals surface area contributed by atoms with Crippen LogP contribution in [0.5, 0.6) is 0 Å². The predicted octanol–water partition coefficient (Wildman–Crippen LogP) is 4.48. The molecule has 21 heavy (non-hydrogen) atoms. The van der Waals surface area contributed by atoms with Crippen molar-refractivity contribution in [1.29, 1.82) is 0 Å². The van der Waals surface area contributed by atoms with Crippen LogP contribution in [0.3, 0.4) is 0 Å². The molecule has 3 aromatic rings. The number of hydrogen-bond donors (Lipinski definition) is 0. The number of hydrogen-bond acceptors (Lipinski definition) is 3. The van der Waals surface area contributed by atoms with Gasteiger partial charge >= 0.3 is 0 Å². The van der Waals surface area contributed by atoms with Crippen LogP contribution in [0.1, 0.15) is 30.3 Å². The summed E-state index contributed by atoms with van der Waals surface area (Å²) in [6.07, 6.45) is 2.12. The minimum atomic E-state index is -0.0268. The molecular weight excluding hydrogens is 447 g/mol. The second-order valence-electron chi connectivity index (χ2n) is 5.39. The van der Waals surface area contributed by atoms with E-state index in [2.05, 4.69) is 43.5 Å². The molecule has 2 heterocycles. The minimum absolute atomic E-state index is 0.0268. The zero-order chi connectivity index (χ0) is 14.7. The first kappa shape index (κ1) is 13.8. The Labute approximate surface area is 142 Å². The monoisotopic (exact) mass is 458 g/mol. The van der Waals surface area contributed by atoms with Gasteiger partial charge in [0.15, 0.2) is 11.1 Å². The van der Waals surface area contributed by atoms with E-state index in [1.165, 1.54) is 0 Å². The van der Waals surface area contributed by atoms with Crippen LogP contribution in [0.15, 0.2) is 25.8 Å². The summed E-state index contributed by atoms with van der Waals surface area (Å²) in [5, 5.41) is 0.973. The van der Waals surface area contributed by atoms with Gasteiger partial charge in [0.25, 0.3) is 5.56 Å². The largest absolute Gasteiger partial charge is 0.439 e. The molecule has 6 heteroatoms. The molecule has 0 atom stereocenters. The molecule has 0 amide bonds. The topological polar surface area (TPSA) is 48.0 Å². The normalized spacial score (nSPS) is 15.2. The van der Waals surface area contributed by atoms with Crippen molar-refractivity contribution in [3.63, 3.8) is 0 Å². The molecule has 0 spiro atoms. The maximum absolute atomic E-state index is 12.8. The van der Waals surface area contributed by atoms with Gasteiger partial charge in [-0.2, -0.15) is 0 Å². The van der Waals surface area contributed by atoms with Gasteiger partial charge in [-0.15, -0.1) is 0 Å². The maximum atomic E-state index is 12.8. The molecule has 108 valence electrons. The Morgan fingerprint density at radius 2 is 2.24 bits per heavy atom. The highest BCUT2D eigenvalue weighted by Gasteiger charge is 2.29. The number of aromatic nitrogens is 2. The maximum Gasteiger partial charge on any atom is 0.281 e. The average molecular weight is 459 g/mol. The lowest BCUT2D eigenvalue weighted by Crippen LogP contribution is -2.20. The summed E-state index contributed by atoms with van der Waals surface area (Å²) in [4.78, 5) is 17.2. The molecule has 4 rings (SSSR count). The minimum Gasteiger partial charge on any atom is -0.439 e. The van der Waals surface area contributed by atoms with Gasteiger partial charge < -0.3 is 8.98 Å². The number of oxazole rings is 1. The van der Waals surface area contributed by atoms with Crippen molar-refractivity contribution in [2.45, 2.75) is 30.2 Å². The van der Waals surface area contributed by atoms with Gasteiger partial charge in [-0.25, -0.2) is 4.98 Å². The molecule has 1 fully saturated rings. The summed E-state index contributed by atoms with van der Waals surface area (Å²) in [5.74, 6) is 0.609. The van der Waals surface area contributed by atoms with Gasteiger partial charge in [0.2, 0.25) is 5.89 Å². The first-order valence-electron chi connectivity index (χ1n) is 6.80. The molecule has 4 nitrogen and oxygen atoms in total. The number of fused-ring (bicyclic) bond motifs is 3. The Morgan fingerprint density at radius 3 is 2.90 bits per heavy atom. The molecule has 0 N–H and O–H groups in total. The van der Waals surface area contributed by atoms with Crippen LogP contribution in [-0.2, 0) is 4.43 Å². The van der Waals surface area contributed by atoms with E-state index in [0.29, 0.717) is 27.5 Å². The fraction of sp³-hybridized carbons (Fsp3) is 0.333. The predicted molar refractivity (Wildman–Crippen MR) is 94.2 cm³/mol. The molecule has 0 bridgehead atoms. The molecule has 1 aromatic carbocycles. The highest BCUT2D eigenvalue weighted by atomic mass is 127. The van der Waals surface area contributed by atoms with Crippen LogP contribution in [0.25, 0.3) is 22.0 Å². The van der Waals surface area contributed by atoms with Crippen LogP contribution in [0.4, 0.5) is 0 Å². The van der Waals surface area contributed by atoms with E-state index in [0.717, 1.165) is 33.8 Å². The van der Waals surface area contributed by atoms with Crippen LogP contribution in [-0.4, -0.2) is 9.55 Å². The number of aryl methyl sites for hydroxylation is 1. The van der Waals surface area contributed by atoms with Gasteiger partial charge in [0.05, 0.1) is 9.94 Å². The van der Waals surface area contributed by atoms with Crippen molar-refractivity contribution in [1.82, 2.24) is 9.55 Å². The van der Waals surface area contributed by atoms with E-state index in [1.54, 1.807) is 0 Å². The smallest absolute Gasteiger partial charge is 0.281 e. The van der Waals surface area contributed by atoms with Crippen LogP contribution < -0.4 is 5.56 Å². The van der Waals surface area contributed by atoms with Gasteiger partial charge in [-0.3, -0.25) is 4.79 Å². The van der Waals surface area contributed by atoms with Crippen molar-refractivity contribution in [2.75, 3.05) is 0 Å². The molecule has 0 unspecified atom stereocenters. The lowest BCUT2D eigenvalue weighted by Gasteiger charge is -2.12. The van der Waals surface area contributed by atoms with E-state index in [1.807, 2.05) is 23.6 Å². The standard InChI is InChI=1S/C15H12BrIN2O2/c1-7-10(16)5-4-9-13(7)19(8-2-3-8)15(20)12-14(9)21-11(6-17)18-12/h4-5,8H,2-3,6H2,1H3. The molecule has 1 aliphatic carbocycles. The van der Waals surface area contributed by atoms with Crippen molar-refractivity contribution in [2.24, 2.45) is 0 Å². The lowest BCUT2D eigenvalue weighted by molar-refractivity contribution is 0.561.